The third-order valence-corrected chi connectivity index (χ3v) is 6.18. The molecule has 0 amide bonds. The average molecular weight is 385 g/mol. The van der Waals surface area contributed by atoms with Crippen LogP contribution in [0.25, 0.3) is 5.70 Å². The minimum atomic E-state index is -0.177. The van der Waals surface area contributed by atoms with Crippen LogP contribution in [0.2, 0.25) is 5.02 Å². The fraction of sp³-hybridized carbons (Fsp3) is 0.160. The highest BCUT2D eigenvalue weighted by Crippen LogP contribution is 2.53. The molecule has 138 valence electrons. The molecule has 2 aliphatic heterocycles. The van der Waals surface area contributed by atoms with Crippen LogP contribution in [0.3, 0.4) is 0 Å². The molecule has 2 heterocycles. The second-order valence-corrected chi connectivity index (χ2v) is 8.00. The van der Waals surface area contributed by atoms with Crippen molar-refractivity contribution < 1.29 is 0 Å². The maximum atomic E-state index is 6.14. The van der Waals surface area contributed by atoms with Crippen LogP contribution in [0.4, 0.5) is 0 Å². The van der Waals surface area contributed by atoms with Crippen LogP contribution in [-0.2, 0) is 5.41 Å². The van der Waals surface area contributed by atoms with Crippen molar-refractivity contribution in [2.24, 2.45) is 4.99 Å². The Morgan fingerprint density at radius 2 is 1.54 bits per heavy atom. The quantitative estimate of drug-likeness (QED) is 0.532. The van der Waals surface area contributed by atoms with Gasteiger partial charge in [0.05, 0.1) is 17.2 Å². The van der Waals surface area contributed by atoms with Crippen molar-refractivity contribution in [3.8, 4) is 0 Å². The van der Waals surface area contributed by atoms with Crippen molar-refractivity contribution in [1.29, 1.82) is 0 Å². The van der Waals surface area contributed by atoms with Crippen molar-refractivity contribution in [3.63, 3.8) is 0 Å². The van der Waals surface area contributed by atoms with E-state index in [-0.39, 0.29) is 11.5 Å². The van der Waals surface area contributed by atoms with Crippen molar-refractivity contribution in [1.82, 2.24) is 4.90 Å². The zero-order valence-corrected chi connectivity index (χ0v) is 16.5. The monoisotopic (exact) mass is 384 g/mol. The molecule has 2 aliphatic rings. The smallest absolute Gasteiger partial charge is 0.119 e. The van der Waals surface area contributed by atoms with Gasteiger partial charge >= 0.3 is 0 Å². The van der Waals surface area contributed by atoms with Gasteiger partial charge in [0.2, 0.25) is 0 Å². The number of nitrogens with zero attached hydrogens (tertiary/aromatic N) is 2. The first-order valence-corrected chi connectivity index (χ1v) is 9.98. The van der Waals surface area contributed by atoms with Crippen LogP contribution in [0.1, 0.15) is 29.7 Å². The van der Waals surface area contributed by atoms with Crippen molar-refractivity contribution >= 4 is 23.1 Å². The summed E-state index contributed by atoms with van der Waals surface area (Å²) in [4.78, 5) is 7.53. The molecule has 0 unspecified atom stereocenters. The SMILES string of the molecule is C[C@@]1(c2ccccc2)C2=NC(c3ccccc3)=CCN2[C@@H]1c1ccc(Cl)cc1. The molecule has 0 bridgehead atoms. The highest BCUT2D eigenvalue weighted by molar-refractivity contribution is 6.30. The summed E-state index contributed by atoms with van der Waals surface area (Å²) in [5.41, 5.74) is 4.61. The van der Waals surface area contributed by atoms with E-state index in [9.17, 15) is 0 Å². The lowest BCUT2D eigenvalue weighted by Gasteiger charge is -2.59. The second-order valence-electron chi connectivity index (χ2n) is 7.57. The van der Waals surface area contributed by atoms with E-state index in [2.05, 4.69) is 84.6 Å². The molecule has 0 saturated carbocycles. The molecule has 0 radical (unpaired) electrons. The van der Waals surface area contributed by atoms with Crippen LogP contribution in [0, 0.1) is 0 Å². The molecule has 5 rings (SSSR count). The highest BCUT2D eigenvalue weighted by Gasteiger charge is 2.57. The lowest BCUT2D eigenvalue weighted by atomic mass is 9.64. The third kappa shape index (κ3) is 2.60. The molecule has 3 heteroatoms. The predicted molar refractivity (Wildman–Crippen MR) is 117 cm³/mol. The van der Waals surface area contributed by atoms with Crippen LogP contribution < -0.4 is 0 Å². The van der Waals surface area contributed by atoms with Crippen LogP contribution >= 0.6 is 11.6 Å². The Morgan fingerprint density at radius 3 is 2.21 bits per heavy atom. The van der Waals surface area contributed by atoms with Gasteiger partial charge in [0.1, 0.15) is 5.84 Å². The van der Waals surface area contributed by atoms with Crippen molar-refractivity contribution in [3.05, 3.63) is 113 Å². The second kappa shape index (κ2) is 6.65. The van der Waals surface area contributed by atoms with E-state index in [4.69, 9.17) is 16.6 Å². The number of hydrogen-bond acceptors (Lipinski definition) is 2. The van der Waals surface area contributed by atoms with Gasteiger partial charge in [-0.2, -0.15) is 0 Å². The minimum Gasteiger partial charge on any atom is -0.347 e. The topological polar surface area (TPSA) is 15.6 Å². The number of aliphatic imine (C=N–C) groups is 1. The van der Waals surface area contributed by atoms with E-state index in [1.54, 1.807) is 0 Å². The number of hydrogen-bond donors (Lipinski definition) is 0. The van der Waals surface area contributed by atoms with Crippen LogP contribution in [-0.4, -0.2) is 17.3 Å². The number of rotatable bonds is 3. The lowest BCUT2D eigenvalue weighted by molar-refractivity contribution is 0.167. The number of amidine groups is 1. The molecule has 3 aromatic rings. The molecule has 3 aromatic carbocycles. The van der Waals surface area contributed by atoms with Gasteiger partial charge in [-0.3, -0.25) is 0 Å². The standard InChI is InChI=1S/C25H21ClN2/c1-25(20-10-6-3-7-11-20)23(19-12-14-21(26)15-13-19)28-17-16-22(27-24(25)28)18-8-4-2-5-9-18/h2-16,23H,17H2,1H3/t23-,25+/m1/s1. The summed E-state index contributed by atoms with van der Waals surface area (Å²) in [7, 11) is 0. The average Bonchev–Trinajstić information content (AvgIpc) is 2.76. The van der Waals surface area contributed by atoms with Crippen LogP contribution in [0.15, 0.2) is 96.0 Å². The molecule has 0 N–H and O–H groups in total. The normalized spacial score (nSPS) is 23.4. The van der Waals surface area contributed by atoms with Gasteiger partial charge in [-0.25, -0.2) is 4.99 Å². The molecular formula is C25H21ClN2. The zero-order chi connectivity index (χ0) is 19.1. The Bertz CT molecular complexity index is 1050. The summed E-state index contributed by atoms with van der Waals surface area (Å²) in [6.45, 7) is 3.17. The number of benzene rings is 3. The van der Waals surface area contributed by atoms with E-state index in [0.29, 0.717) is 0 Å². The van der Waals surface area contributed by atoms with Gasteiger partial charge in [-0.05, 0) is 41.8 Å². The molecule has 1 fully saturated rings. The summed E-state index contributed by atoms with van der Waals surface area (Å²) in [6, 6.07) is 29.6. The molecular weight excluding hydrogens is 364 g/mol. The Balaban J connectivity index is 1.61. The maximum Gasteiger partial charge on any atom is 0.119 e. The Kier molecular flexibility index (Phi) is 4.10. The summed E-state index contributed by atoms with van der Waals surface area (Å²) in [5, 5.41) is 0.767. The van der Waals surface area contributed by atoms with E-state index in [0.717, 1.165) is 23.1 Å². The van der Waals surface area contributed by atoms with Gasteiger partial charge in [0.15, 0.2) is 0 Å². The fourth-order valence-corrected chi connectivity index (χ4v) is 4.65. The lowest BCUT2D eigenvalue weighted by Crippen LogP contribution is -2.65. The number of halogens is 1. The largest absolute Gasteiger partial charge is 0.347 e. The summed E-state index contributed by atoms with van der Waals surface area (Å²) in [6.07, 6.45) is 2.23. The molecule has 28 heavy (non-hydrogen) atoms. The molecule has 2 atom stereocenters. The first kappa shape index (κ1) is 17.3. The molecule has 1 saturated heterocycles. The van der Waals surface area contributed by atoms with Gasteiger partial charge < -0.3 is 4.90 Å². The molecule has 2 nitrogen and oxygen atoms in total. The van der Waals surface area contributed by atoms with E-state index in [1.165, 1.54) is 16.7 Å². The molecule has 0 aliphatic carbocycles. The third-order valence-electron chi connectivity index (χ3n) is 5.93. The van der Waals surface area contributed by atoms with Gasteiger partial charge in [0.25, 0.3) is 0 Å². The first-order valence-electron chi connectivity index (χ1n) is 9.60. The summed E-state index contributed by atoms with van der Waals surface area (Å²) >= 11 is 6.14. The first-order chi connectivity index (χ1) is 13.7. The summed E-state index contributed by atoms with van der Waals surface area (Å²) in [5.74, 6) is 1.14. The van der Waals surface area contributed by atoms with E-state index in [1.807, 2.05) is 18.2 Å². The predicted octanol–water partition coefficient (Wildman–Crippen LogP) is 6.11. The Labute approximate surface area is 170 Å². The van der Waals surface area contributed by atoms with Gasteiger partial charge in [0, 0.05) is 11.6 Å². The van der Waals surface area contributed by atoms with Gasteiger partial charge in [-0.1, -0.05) is 84.4 Å². The maximum absolute atomic E-state index is 6.14. The fourth-order valence-electron chi connectivity index (χ4n) is 4.53. The Hall–Kier alpha value is -2.84. The van der Waals surface area contributed by atoms with E-state index < -0.39 is 0 Å². The van der Waals surface area contributed by atoms with E-state index >= 15 is 0 Å². The zero-order valence-electron chi connectivity index (χ0n) is 15.7. The van der Waals surface area contributed by atoms with Crippen molar-refractivity contribution in [2.75, 3.05) is 6.54 Å². The summed E-state index contributed by atoms with van der Waals surface area (Å²) < 4.78 is 0. The van der Waals surface area contributed by atoms with Crippen molar-refractivity contribution in [2.45, 2.75) is 18.4 Å². The number of fused-ring (bicyclic) bond motifs is 1. The highest BCUT2D eigenvalue weighted by atomic mass is 35.5. The molecule has 0 aromatic heterocycles. The molecule has 0 spiro atoms. The minimum absolute atomic E-state index is 0.177. The van der Waals surface area contributed by atoms with Crippen LogP contribution in [0.5, 0.6) is 0 Å². The van der Waals surface area contributed by atoms with Gasteiger partial charge in [-0.15, -0.1) is 0 Å². The Morgan fingerprint density at radius 1 is 0.893 bits per heavy atom.